The van der Waals surface area contributed by atoms with Gasteiger partial charge in [-0.25, -0.2) is 4.99 Å². The van der Waals surface area contributed by atoms with Gasteiger partial charge in [-0.1, -0.05) is 87.2 Å². The maximum Gasteiger partial charge on any atom is 0.154 e. The van der Waals surface area contributed by atoms with Crippen LogP contribution in [-0.2, 0) is 6.42 Å². The fourth-order valence-corrected chi connectivity index (χ4v) is 3.29. The molecule has 0 aromatic heterocycles. The van der Waals surface area contributed by atoms with Crippen molar-refractivity contribution in [1.29, 1.82) is 5.41 Å². The van der Waals surface area contributed by atoms with Gasteiger partial charge in [-0.15, -0.1) is 0 Å². The molecule has 3 heteroatoms. The van der Waals surface area contributed by atoms with E-state index in [0.717, 1.165) is 29.8 Å². The minimum Gasteiger partial charge on any atom is -0.356 e. The SMILES string of the molecule is CCCCCCc1ccc(/C(=N/C(=N)c2ccc(C)cc2)N(C)C(C)CC)cc1. The Kier molecular flexibility index (Phi) is 9.11. The second-order valence-corrected chi connectivity index (χ2v) is 8.03. The average Bonchev–Trinajstić information content (AvgIpc) is 2.75. The van der Waals surface area contributed by atoms with E-state index in [1.165, 1.54) is 36.8 Å². The first-order valence-corrected chi connectivity index (χ1v) is 11.0. The summed E-state index contributed by atoms with van der Waals surface area (Å²) in [6.07, 6.45) is 7.30. The molecule has 0 saturated heterocycles. The number of nitrogens with one attached hydrogen (secondary N) is 1. The molecule has 0 bridgehead atoms. The zero-order chi connectivity index (χ0) is 21.2. The van der Waals surface area contributed by atoms with Crippen molar-refractivity contribution < 1.29 is 0 Å². The summed E-state index contributed by atoms with van der Waals surface area (Å²) in [4.78, 5) is 6.95. The fraction of sp³-hybridized carbons (Fsp3) is 0.462. The Hall–Kier alpha value is -2.42. The van der Waals surface area contributed by atoms with Crippen molar-refractivity contribution in [2.75, 3.05) is 7.05 Å². The van der Waals surface area contributed by atoms with Gasteiger partial charge in [0.1, 0.15) is 5.84 Å². The first-order chi connectivity index (χ1) is 14.0. The summed E-state index contributed by atoms with van der Waals surface area (Å²) >= 11 is 0. The Morgan fingerprint density at radius 1 is 0.931 bits per heavy atom. The molecule has 0 aliphatic carbocycles. The molecule has 1 unspecified atom stereocenters. The van der Waals surface area contributed by atoms with Crippen LogP contribution in [0, 0.1) is 12.3 Å². The van der Waals surface area contributed by atoms with Gasteiger partial charge in [0.25, 0.3) is 0 Å². The molecule has 156 valence electrons. The third-order valence-corrected chi connectivity index (χ3v) is 5.66. The number of hydrogen-bond donors (Lipinski definition) is 1. The molecule has 0 amide bonds. The highest BCUT2D eigenvalue weighted by Gasteiger charge is 2.16. The molecule has 1 N–H and O–H groups in total. The molecule has 2 aromatic rings. The summed E-state index contributed by atoms with van der Waals surface area (Å²) in [6, 6.07) is 17.1. The summed E-state index contributed by atoms with van der Waals surface area (Å²) < 4.78 is 0. The second kappa shape index (κ2) is 11.5. The summed E-state index contributed by atoms with van der Waals surface area (Å²) in [5.41, 5.74) is 4.49. The van der Waals surface area contributed by atoms with Gasteiger partial charge in [0.15, 0.2) is 5.84 Å². The van der Waals surface area contributed by atoms with Crippen LogP contribution >= 0.6 is 0 Å². The van der Waals surface area contributed by atoms with Crippen LogP contribution in [0.25, 0.3) is 0 Å². The van der Waals surface area contributed by atoms with Gasteiger partial charge in [0, 0.05) is 24.2 Å². The Balaban J connectivity index is 2.25. The zero-order valence-electron chi connectivity index (χ0n) is 18.8. The highest BCUT2D eigenvalue weighted by molar-refractivity contribution is 6.10. The van der Waals surface area contributed by atoms with Crippen LogP contribution in [-0.4, -0.2) is 29.7 Å². The van der Waals surface area contributed by atoms with E-state index in [-0.39, 0.29) is 0 Å². The quantitative estimate of drug-likeness (QED) is 0.291. The van der Waals surface area contributed by atoms with Crippen molar-refractivity contribution in [3.8, 4) is 0 Å². The lowest BCUT2D eigenvalue weighted by Crippen LogP contribution is -2.36. The fourth-order valence-electron chi connectivity index (χ4n) is 3.29. The number of aliphatic imine (C=N–C) groups is 1. The van der Waals surface area contributed by atoms with Crippen molar-refractivity contribution >= 4 is 11.7 Å². The van der Waals surface area contributed by atoms with E-state index in [9.17, 15) is 0 Å². The molecular weight excluding hydrogens is 354 g/mol. The number of hydrogen-bond acceptors (Lipinski definition) is 1. The maximum atomic E-state index is 8.53. The first kappa shape index (κ1) is 22.9. The molecule has 0 aliphatic heterocycles. The molecule has 0 aliphatic rings. The summed E-state index contributed by atoms with van der Waals surface area (Å²) in [7, 11) is 2.08. The zero-order valence-corrected chi connectivity index (χ0v) is 18.8. The molecule has 2 aromatic carbocycles. The first-order valence-electron chi connectivity index (χ1n) is 11.0. The molecule has 0 spiro atoms. The lowest BCUT2D eigenvalue weighted by Gasteiger charge is -2.28. The molecule has 3 nitrogen and oxygen atoms in total. The Morgan fingerprint density at radius 3 is 2.14 bits per heavy atom. The number of amidine groups is 2. The predicted molar refractivity (Wildman–Crippen MR) is 126 cm³/mol. The van der Waals surface area contributed by atoms with Gasteiger partial charge in [-0.3, -0.25) is 5.41 Å². The smallest absolute Gasteiger partial charge is 0.154 e. The van der Waals surface area contributed by atoms with E-state index < -0.39 is 0 Å². The molecule has 0 radical (unpaired) electrons. The van der Waals surface area contributed by atoms with Crippen LogP contribution in [0.2, 0.25) is 0 Å². The highest BCUT2D eigenvalue weighted by Crippen LogP contribution is 2.15. The van der Waals surface area contributed by atoms with Gasteiger partial charge in [-0.2, -0.15) is 0 Å². The van der Waals surface area contributed by atoms with Crippen LogP contribution in [0.1, 0.15) is 75.1 Å². The number of unbranched alkanes of at least 4 members (excludes halogenated alkanes) is 3. The lowest BCUT2D eigenvalue weighted by molar-refractivity contribution is 0.381. The predicted octanol–water partition coefficient (Wildman–Crippen LogP) is 6.62. The molecule has 0 saturated carbocycles. The van der Waals surface area contributed by atoms with Gasteiger partial charge in [0.2, 0.25) is 0 Å². The molecule has 2 rings (SSSR count). The van der Waals surface area contributed by atoms with E-state index in [4.69, 9.17) is 10.4 Å². The average molecular weight is 392 g/mol. The van der Waals surface area contributed by atoms with Crippen LogP contribution in [0.4, 0.5) is 0 Å². The standard InChI is InChI=1S/C26H37N3/c1-6-8-9-10-11-22-14-18-24(19-15-22)26(29(5)21(4)7-2)28-25(27)23-16-12-20(3)13-17-23/h12-19,21,27H,6-11H2,1-5H3/b27-25?,28-26-. The lowest BCUT2D eigenvalue weighted by atomic mass is 10.0. The number of aryl methyl sites for hydroxylation is 2. The summed E-state index contributed by atoms with van der Waals surface area (Å²) in [5, 5.41) is 8.53. The van der Waals surface area contributed by atoms with E-state index in [2.05, 4.69) is 63.9 Å². The second-order valence-electron chi connectivity index (χ2n) is 8.03. The monoisotopic (exact) mass is 391 g/mol. The van der Waals surface area contributed by atoms with Crippen LogP contribution in [0.5, 0.6) is 0 Å². The third kappa shape index (κ3) is 6.85. The number of nitrogens with zero attached hydrogens (tertiary/aromatic N) is 2. The van der Waals surface area contributed by atoms with Crippen molar-refractivity contribution in [3.05, 3.63) is 70.8 Å². The molecule has 29 heavy (non-hydrogen) atoms. The molecule has 1 atom stereocenters. The summed E-state index contributed by atoms with van der Waals surface area (Å²) in [5.74, 6) is 1.17. The minimum absolute atomic E-state index is 0.304. The van der Waals surface area contributed by atoms with E-state index in [1.807, 2.05) is 24.3 Å². The van der Waals surface area contributed by atoms with Gasteiger partial charge >= 0.3 is 0 Å². The Labute approximate surface area is 177 Å². The van der Waals surface area contributed by atoms with Gasteiger partial charge in [0.05, 0.1) is 0 Å². The van der Waals surface area contributed by atoms with Crippen molar-refractivity contribution in [1.82, 2.24) is 4.90 Å². The molecular formula is C26H37N3. The molecule has 0 fully saturated rings. The molecule has 0 heterocycles. The largest absolute Gasteiger partial charge is 0.356 e. The number of benzene rings is 2. The minimum atomic E-state index is 0.304. The van der Waals surface area contributed by atoms with Crippen molar-refractivity contribution in [3.63, 3.8) is 0 Å². The van der Waals surface area contributed by atoms with Crippen LogP contribution in [0.3, 0.4) is 0 Å². The topological polar surface area (TPSA) is 39.5 Å². The maximum absolute atomic E-state index is 8.53. The van der Waals surface area contributed by atoms with Crippen molar-refractivity contribution in [2.24, 2.45) is 4.99 Å². The summed E-state index contributed by atoms with van der Waals surface area (Å²) in [6.45, 7) is 8.69. The normalized spacial score (nSPS) is 12.7. The van der Waals surface area contributed by atoms with E-state index in [1.54, 1.807) is 0 Å². The Morgan fingerprint density at radius 2 is 1.55 bits per heavy atom. The van der Waals surface area contributed by atoms with Crippen LogP contribution in [0.15, 0.2) is 53.5 Å². The Bertz CT molecular complexity index is 788. The van der Waals surface area contributed by atoms with Gasteiger partial charge in [-0.05, 0) is 38.7 Å². The van der Waals surface area contributed by atoms with Crippen molar-refractivity contribution in [2.45, 2.75) is 72.3 Å². The third-order valence-electron chi connectivity index (χ3n) is 5.66. The van der Waals surface area contributed by atoms with E-state index >= 15 is 0 Å². The van der Waals surface area contributed by atoms with Gasteiger partial charge < -0.3 is 4.90 Å². The van der Waals surface area contributed by atoms with E-state index in [0.29, 0.717) is 11.9 Å². The number of rotatable bonds is 9. The highest BCUT2D eigenvalue weighted by atomic mass is 15.2. The van der Waals surface area contributed by atoms with Crippen LogP contribution < -0.4 is 0 Å².